The van der Waals surface area contributed by atoms with Gasteiger partial charge in [-0.05, 0) is 23.0 Å². The first-order chi connectivity index (χ1) is 7.95. The van der Waals surface area contributed by atoms with Crippen molar-refractivity contribution in [1.29, 1.82) is 0 Å². The molecule has 1 aromatic carbocycles. The third kappa shape index (κ3) is 4.40. The lowest BCUT2D eigenvalue weighted by Crippen LogP contribution is -2.20. The maximum atomic E-state index is 11.9. The van der Waals surface area contributed by atoms with Gasteiger partial charge in [0, 0.05) is 0 Å². The first-order valence-electron chi connectivity index (χ1n) is 5.56. The fourth-order valence-corrected chi connectivity index (χ4v) is 1.61. The van der Waals surface area contributed by atoms with Crippen LogP contribution in [0.3, 0.4) is 0 Å². The largest absolute Gasteiger partial charge is 0.392 e. The smallest absolute Gasteiger partial charge is 0.345 e. The molecule has 17 heavy (non-hydrogen) atoms. The van der Waals surface area contributed by atoms with Crippen LogP contribution in [0.5, 0.6) is 0 Å². The molecule has 0 aliphatic heterocycles. The minimum absolute atomic E-state index is 0.00913. The quantitative estimate of drug-likeness (QED) is 0.833. The van der Waals surface area contributed by atoms with E-state index in [2.05, 4.69) is 4.74 Å². The number of hydrogen-bond donors (Lipinski definition) is 1. The highest BCUT2D eigenvalue weighted by molar-refractivity contribution is 5.27. The van der Waals surface area contributed by atoms with Crippen LogP contribution < -0.4 is 0 Å². The number of hydrogen-bond acceptors (Lipinski definition) is 2. The van der Waals surface area contributed by atoms with Crippen LogP contribution in [0.4, 0.5) is 8.78 Å². The van der Waals surface area contributed by atoms with E-state index in [9.17, 15) is 8.78 Å². The molecule has 0 spiro atoms. The summed E-state index contributed by atoms with van der Waals surface area (Å²) in [5.74, 6) is 0. The highest BCUT2D eigenvalue weighted by Gasteiger charge is 2.20. The van der Waals surface area contributed by atoms with Gasteiger partial charge in [-0.3, -0.25) is 0 Å². The Morgan fingerprint density at radius 1 is 1.24 bits per heavy atom. The summed E-state index contributed by atoms with van der Waals surface area (Å²) in [6.45, 7) is 1.30. The molecule has 0 unspecified atom stereocenters. The Labute approximate surface area is 100 Å². The second kappa shape index (κ2) is 6.07. The Morgan fingerprint density at radius 3 is 2.29 bits per heavy atom. The van der Waals surface area contributed by atoms with E-state index in [0.717, 1.165) is 11.1 Å². The first kappa shape index (κ1) is 14.1. The minimum Gasteiger partial charge on any atom is -0.392 e. The van der Waals surface area contributed by atoms with Crippen molar-refractivity contribution in [3.8, 4) is 0 Å². The zero-order valence-electron chi connectivity index (χ0n) is 10.1. The molecule has 0 fully saturated rings. The number of aliphatic hydroxyl groups is 1. The number of aliphatic hydroxyl groups excluding tert-OH is 1. The molecular formula is C13H18F2O2. The molecule has 1 aromatic rings. The second-order valence-corrected chi connectivity index (χ2v) is 4.62. The molecule has 0 atom stereocenters. The molecule has 0 saturated carbocycles. The zero-order valence-corrected chi connectivity index (χ0v) is 10.1. The molecule has 0 aliphatic rings. The van der Waals surface area contributed by atoms with Crippen LogP contribution >= 0.6 is 0 Å². The lowest BCUT2D eigenvalue weighted by atomic mass is 9.81. The molecule has 0 heterocycles. The molecule has 1 N–H and O–H groups in total. The summed E-state index contributed by atoms with van der Waals surface area (Å²) in [6, 6.07) is 7.50. The van der Waals surface area contributed by atoms with Crippen molar-refractivity contribution in [2.24, 2.45) is 0 Å². The summed E-state index contributed by atoms with van der Waals surface area (Å²) in [5, 5.41) is 8.93. The van der Waals surface area contributed by atoms with Crippen LogP contribution in [0, 0.1) is 0 Å². The average Bonchev–Trinajstić information content (AvgIpc) is 2.28. The summed E-state index contributed by atoms with van der Waals surface area (Å²) in [4.78, 5) is 0. The van der Waals surface area contributed by atoms with E-state index in [-0.39, 0.29) is 18.6 Å². The average molecular weight is 244 g/mol. The molecule has 1 rings (SSSR count). The predicted octanol–water partition coefficient (Wildman–Crippen LogP) is 3.09. The highest BCUT2D eigenvalue weighted by atomic mass is 19.3. The molecule has 0 amide bonds. The molecule has 4 heteroatoms. The van der Waals surface area contributed by atoms with Crippen LogP contribution in [0.25, 0.3) is 0 Å². The van der Waals surface area contributed by atoms with Crippen LogP contribution in [0.15, 0.2) is 24.3 Å². The number of rotatable bonds is 6. The Bertz CT molecular complexity index is 334. The minimum atomic E-state index is -2.71. The Balaban J connectivity index is 2.61. The van der Waals surface area contributed by atoms with Crippen molar-refractivity contribution >= 4 is 0 Å². The van der Waals surface area contributed by atoms with E-state index in [4.69, 9.17) is 5.11 Å². The van der Waals surface area contributed by atoms with Crippen molar-refractivity contribution in [2.75, 3.05) is 6.61 Å². The van der Waals surface area contributed by atoms with E-state index < -0.39 is 6.61 Å². The number of benzene rings is 1. The molecule has 0 radical (unpaired) electrons. The van der Waals surface area contributed by atoms with E-state index in [1.54, 1.807) is 0 Å². The van der Waals surface area contributed by atoms with Gasteiger partial charge in [-0.15, -0.1) is 0 Å². The lowest BCUT2D eigenvalue weighted by Gasteiger charge is -2.25. The third-order valence-electron chi connectivity index (χ3n) is 2.89. The van der Waals surface area contributed by atoms with E-state index in [0.29, 0.717) is 6.42 Å². The van der Waals surface area contributed by atoms with E-state index in [1.807, 2.05) is 38.1 Å². The normalized spacial score (nSPS) is 12.1. The number of alkyl halides is 2. The Hall–Kier alpha value is -1.00. The van der Waals surface area contributed by atoms with Gasteiger partial charge in [0.2, 0.25) is 0 Å². The molecule has 0 saturated heterocycles. The van der Waals surface area contributed by atoms with Gasteiger partial charge in [0.25, 0.3) is 0 Å². The summed E-state index contributed by atoms with van der Waals surface area (Å²) < 4.78 is 28.0. The van der Waals surface area contributed by atoms with Crippen LogP contribution in [-0.4, -0.2) is 18.3 Å². The first-order valence-corrected chi connectivity index (χ1v) is 5.56. The van der Waals surface area contributed by atoms with Gasteiger partial charge in [-0.25, -0.2) is 0 Å². The van der Waals surface area contributed by atoms with Crippen molar-refractivity contribution in [3.63, 3.8) is 0 Å². The number of halogens is 2. The van der Waals surface area contributed by atoms with Gasteiger partial charge >= 0.3 is 6.61 Å². The monoisotopic (exact) mass is 244 g/mol. The van der Waals surface area contributed by atoms with Crippen LogP contribution in [0.2, 0.25) is 0 Å². The van der Waals surface area contributed by atoms with Crippen LogP contribution in [-0.2, 0) is 16.8 Å². The third-order valence-corrected chi connectivity index (χ3v) is 2.89. The topological polar surface area (TPSA) is 29.5 Å². The molecule has 0 aliphatic carbocycles. The Kier molecular flexibility index (Phi) is 5.02. The maximum absolute atomic E-state index is 11.9. The second-order valence-electron chi connectivity index (χ2n) is 4.62. The maximum Gasteiger partial charge on any atom is 0.345 e. The van der Waals surface area contributed by atoms with Gasteiger partial charge in [-0.1, -0.05) is 38.1 Å². The summed E-state index contributed by atoms with van der Waals surface area (Å²) >= 11 is 0. The lowest BCUT2D eigenvalue weighted by molar-refractivity contribution is -0.131. The van der Waals surface area contributed by atoms with E-state index >= 15 is 0 Å². The molecule has 96 valence electrons. The fourth-order valence-electron chi connectivity index (χ4n) is 1.61. The van der Waals surface area contributed by atoms with Gasteiger partial charge in [0.1, 0.15) is 0 Å². The van der Waals surface area contributed by atoms with Crippen molar-refractivity contribution in [3.05, 3.63) is 35.4 Å². The molecule has 0 aromatic heterocycles. The standard InChI is InChI=1S/C13H18F2O2/c1-13(2,7-8-17-12(14)15)11-5-3-10(9-16)4-6-11/h3-6,12,16H,7-9H2,1-2H3. The Morgan fingerprint density at radius 2 is 1.82 bits per heavy atom. The summed E-state index contributed by atoms with van der Waals surface area (Å²) in [7, 11) is 0. The summed E-state index contributed by atoms with van der Waals surface area (Å²) in [5.41, 5.74) is 1.67. The van der Waals surface area contributed by atoms with Gasteiger partial charge in [-0.2, -0.15) is 8.78 Å². The van der Waals surface area contributed by atoms with Gasteiger partial charge in [0.05, 0.1) is 13.2 Å². The zero-order chi connectivity index (χ0) is 12.9. The molecule has 0 bridgehead atoms. The SMILES string of the molecule is CC(C)(CCOC(F)F)c1ccc(CO)cc1. The van der Waals surface area contributed by atoms with Gasteiger partial charge < -0.3 is 9.84 Å². The van der Waals surface area contributed by atoms with Crippen molar-refractivity contribution in [2.45, 2.75) is 38.9 Å². The van der Waals surface area contributed by atoms with Gasteiger partial charge in [0.15, 0.2) is 0 Å². The predicted molar refractivity (Wildman–Crippen MR) is 62.0 cm³/mol. The molecule has 2 nitrogen and oxygen atoms in total. The summed E-state index contributed by atoms with van der Waals surface area (Å²) in [6.07, 6.45) is 0.524. The number of ether oxygens (including phenoxy) is 1. The van der Waals surface area contributed by atoms with E-state index in [1.165, 1.54) is 0 Å². The molecular weight excluding hydrogens is 226 g/mol. The van der Waals surface area contributed by atoms with Crippen LogP contribution in [0.1, 0.15) is 31.4 Å². The van der Waals surface area contributed by atoms with Crippen molar-refractivity contribution in [1.82, 2.24) is 0 Å². The highest BCUT2D eigenvalue weighted by Crippen LogP contribution is 2.27. The van der Waals surface area contributed by atoms with Crippen molar-refractivity contribution < 1.29 is 18.6 Å². The fraction of sp³-hybridized carbons (Fsp3) is 0.538.